The van der Waals surface area contributed by atoms with E-state index in [1.807, 2.05) is 18.9 Å². The van der Waals surface area contributed by atoms with E-state index in [0.717, 1.165) is 36.7 Å². The summed E-state index contributed by atoms with van der Waals surface area (Å²) in [5, 5.41) is 3.22. The fourth-order valence-electron chi connectivity index (χ4n) is 2.13. The summed E-state index contributed by atoms with van der Waals surface area (Å²) >= 11 is 0. The second kappa shape index (κ2) is 7.03. The molecule has 1 N–H and O–H groups in total. The Morgan fingerprint density at radius 3 is 2.41 bits per heavy atom. The van der Waals surface area contributed by atoms with Gasteiger partial charge >= 0.3 is 6.18 Å². The van der Waals surface area contributed by atoms with E-state index in [1.165, 1.54) is 25.0 Å². The first kappa shape index (κ1) is 16.6. The molecule has 0 heterocycles. The lowest BCUT2D eigenvalue weighted by atomic mass is 10.1. The molecule has 6 heteroatoms. The largest absolute Gasteiger partial charge is 0.416 e. The molecule has 1 aliphatic carbocycles. The lowest BCUT2D eigenvalue weighted by molar-refractivity contribution is -0.137. The summed E-state index contributed by atoms with van der Waals surface area (Å²) in [7, 11) is 1.89. The first-order valence-electron chi connectivity index (χ1n) is 7.55. The highest BCUT2D eigenvalue weighted by molar-refractivity contribution is 5.79. The number of hydrogen-bond donors (Lipinski definition) is 1. The Balaban J connectivity index is 1.98. The molecule has 122 valence electrons. The lowest BCUT2D eigenvalue weighted by Gasteiger charge is -2.22. The molecule has 3 nitrogen and oxygen atoms in total. The third kappa shape index (κ3) is 4.93. The van der Waals surface area contributed by atoms with Crippen LogP contribution >= 0.6 is 0 Å². The van der Waals surface area contributed by atoms with Gasteiger partial charge in [0.1, 0.15) is 0 Å². The minimum Gasteiger partial charge on any atom is -0.357 e. The molecule has 1 aromatic rings. The molecule has 0 bridgehead atoms. The zero-order valence-corrected chi connectivity index (χ0v) is 13.0. The lowest BCUT2D eigenvalue weighted by Crippen LogP contribution is -2.38. The van der Waals surface area contributed by atoms with Crippen LogP contribution in [-0.2, 0) is 12.7 Å². The topological polar surface area (TPSA) is 27.6 Å². The minimum atomic E-state index is -4.29. The molecule has 0 radical (unpaired) electrons. The smallest absolute Gasteiger partial charge is 0.357 e. The molecule has 1 aliphatic rings. The molecule has 0 spiro atoms. The van der Waals surface area contributed by atoms with E-state index < -0.39 is 11.7 Å². The molecule has 0 aromatic heterocycles. The maximum Gasteiger partial charge on any atom is 0.416 e. The quantitative estimate of drug-likeness (QED) is 0.665. The van der Waals surface area contributed by atoms with Crippen molar-refractivity contribution in [1.82, 2.24) is 10.2 Å². The maximum absolute atomic E-state index is 12.6. The van der Waals surface area contributed by atoms with Gasteiger partial charge in [0.25, 0.3) is 0 Å². The summed E-state index contributed by atoms with van der Waals surface area (Å²) in [5.74, 6) is 1.50. The number of halogens is 3. The molecule has 0 amide bonds. The van der Waals surface area contributed by atoms with Crippen LogP contribution in [0.25, 0.3) is 0 Å². The number of hydrogen-bond acceptors (Lipinski definition) is 1. The van der Waals surface area contributed by atoms with Gasteiger partial charge in [0.05, 0.1) is 5.56 Å². The van der Waals surface area contributed by atoms with E-state index in [1.54, 1.807) is 0 Å². The predicted molar refractivity (Wildman–Crippen MR) is 81.6 cm³/mol. The standard InChI is InChI=1S/C16H22F3N3/c1-3-20-15(21-10-12-4-5-12)22(2)11-13-6-8-14(9-7-13)16(17,18)19/h6-9,12H,3-5,10-11H2,1-2H3,(H,20,21). The Morgan fingerprint density at radius 1 is 1.27 bits per heavy atom. The summed E-state index contributed by atoms with van der Waals surface area (Å²) in [6.07, 6.45) is -1.80. The maximum atomic E-state index is 12.6. The first-order valence-corrected chi connectivity index (χ1v) is 7.55. The highest BCUT2D eigenvalue weighted by Crippen LogP contribution is 2.29. The van der Waals surface area contributed by atoms with Crippen LogP contribution in [0.3, 0.4) is 0 Å². The van der Waals surface area contributed by atoms with Crippen molar-refractivity contribution in [3.05, 3.63) is 35.4 Å². The SMILES string of the molecule is CCNC(=NCC1CC1)N(C)Cc1ccc(C(F)(F)F)cc1. The van der Waals surface area contributed by atoms with Gasteiger partial charge in [0.2, 0.25) is 0 Å². The van der Waals surface area contributed by atoms with Crippen LogP contribution in [0, 0.1) is 5.92 Å². The molecule has 2 rings (SSSR count). The Labute approximate surface area is 129 Å². The van der Waals surface area contributed by atoms with Crippen LogP contribution in [0.2, 0.25) is 0 Å². The van der Waals surface area contributed by atoms with Crippen molar-refractivity contribution in [2.75, 3.05) is 20.1 Å². The second-order valence-corrected chi connectivity index (χ2v) is 5.69. The molecule has 0 aliphatic heterocycles. The Bertz CT molecular complexity index is 504. The average molecular weight is 313 g/mol. The van der Waals surface area contributed by atoms with Gasteiger partial charge in [-0.2, -0.15) is 13.2 Å². The monoisotopic (exact) mass is 313 g/mol. The molecule has 0 atom stereocenters. The molecular formula is C16H22F3N3. The number of alkyl halides is 3. The van der Waals surface area contributed by atoms with E-state index in [4.69, 9.17) is 0 Å². The van der Waals surface area contributed by atoms with Crippen LogP contribution in [0.5, 0.6) is 0 Å². The van der Waals surface area contributed by atoms with Crippen LogP contribution in [0.15, 0.2) is 29.3 Å². The normalized spacial score (nSPS) is 15.8. The third-order valence-electron chi connectivity index (χ3n) is 3.59. The molecule has 1 aromatic carbocycles. The van der Waals surface area contributed by atoms with Crippen molar-refractivity contribution in [2.45, 2.75) is 32.5 Å². The number of rotatable bonds is 5. The number of nitrogens with zero attached hydrogens (tertiary/aromatic N) is 2. The summed E-state index contributed by atoms with van der Waals surface area (Å²) in [5.41, 5.74) is 0.209. The number of guanidine groups is 1. The van der Waals surface area contributed by atoms with Gasteiger partial charge in [-0.25, -0.2) is 0 Å². The van der Waals surface area contributed by atoms with E-state index in [2.05, 4.69) is 10.3 Å². The summed E-state index contributed by atoms with van der Waals surface area (Å²) in [4.78, 5) is 6.52. The van der Waals surface area contributed by atoms with E-state index in [0.29, 0.717) is 12.5 Å². The molecule has 22 heavy (non-hydrogen) atoms. The fraction of sp³-hybridized carbons (Fsp3) is 0.562. The van der Waals surface area contributed by atoms with E-state index >= 15 is 0 Å². The van der Waals surface area contributed by atoms with Crippen LogP contribution < -0.4 is 5.32 Å². The van der Waals surface area contributed by atoms with Crippen LogP contribution in [0.4, 0.5) is 13.2 Å². The zero-order chi connectivity index (χ0) is 16.2. The van der Waals surface area contributed by atoms with Gasteiger partial charge in [-0.05, 0) is 43.4 Å². The zero-order valence-electron chi connectivity index (χ0n) is 13.0. The van der Waals surface area contributed by atoms with Crippen LogP contribution in [0.1, 0.15) is 30.9 Å². The predicted octanol–water partition coefficient (Wildman–Crippen LogP) is 3.51. The number of aliphatic imine (C=N–C) groups is 1. The van der Waals surface area contributed by atoms with Gasteiger partial charge < -0.3 is 10.2 Å². The molecular weight excluding hydrogens is 291 g/mol. The first-order chi connectivity index (χ1) is 10.4. The van der Waals surface area contributed by atoms with Crippen molar-refractivity contribution < 1.29 is 13.2 Å². The van der Waals surface area contributed by atoms with Gasteiger partial charge in [-0.1, -0.05) is 12.1 Å². The number of nitrogens with one attached hydrogen (secondary N) is 1. The van der Waals surface area contributed by atoms with Crippen molar-refractivity contribution in [1.29, 1.82) is 0 Å². The van der Waals surface area contributed by atoms with E-state index in [-0.39, 0.29) is 0 Å². The van der Waals surface area contributed by atoms with Crippen molar-refractivity contribution in [3.63, 3.8) is 0 Å². The summed E-state index contributed by atoms with van der Waals surface area (Å²) in [6.45, 7) is 4.10. The molecule has 0 unspecified atom stereocenters. The Kier molecular flexibility index (Phi) is 5.32. The van der Waals surface area contributed by atoms with Crippen molar-refractivity contribution in [3.8, 4) is 0 Å². The Hall–Kier alpha value is -1.72. The van der Waals surface area contributed by atoms with Crippen molar-refractivity contribution in [2.24, 2.45) is 10.9 Å². The average Bonchev–Trinajstić information content (AvgIpc) is 3.27. The van der Waals surface area contributed by atoms with Gasteiger partial charge in [0.15, 0.2) is 5.96 Å². The van der Waals surface area contributed by atoms with Crippen LogP contribution in [-0.4, -0.2) is 31.0 Å². The summed E-state index contributed by atoms with van der Waals surface area (Å²) in [6, 6.07) is 5.28. The highest BCUT2D eigenvalue weighted by Gasteiger charge is 2.30. The summed E-state index contributed by atoms with van der Waals surface area (Å²) < 4.78 is 37.7. The van der Waals surface area contributed by atoms with Crippen molar-refractivity contribution >= 4 is 5.96 Å². The van der Waals surface area contributed by atoms with Gasteiger partial charge in [-0.15, -0.1) is 0 Å². The minimum absolute atomic E-state index is 0.522. The fourth-order valence-corrected chi connectivity index (χ4v) is 2.13. The molecule has 1 fully saturated rings. The Morgan fingerprint density at radius 2 is 1.91 bits per heavy atom. The van der Waals surface area contributed by atoms with Gasteiger partial charge in [0, 0.05) is 26.7 Å². The van der Waals surface area contributed by atoms with E-state index in [9.17, 15) is 13.2 Å². The molecule has 1 saturated carbocycles. The number of benzene rings is 1. The second-order valence-electron chi connectivity index (χ2n) is 5.69. The van der Waals surface area contributed by atoms with Gasteiger partial charge in [-0.3, -0.25) is 4.99 Å². The highest BCUT2D eigenvalue weighted by atomic mass is 19.4. The third-order valence-corrected chi connectivity index (χ3v) is 3.59. The molecule has 0 saturated heterocycles.